The van der Waals surface area contributed by atoms with Crippen LogP contribution < -0.4 is 10.1 Å². The number of hydrogen-bond acceptors (Lipinski definition) is 5. The SMILES string of the molecule is CC(=O)c1cccc(NC(=O)[C@@H](C)Oc2ccc(Cl)cc2[N+](=O)[O-])c1. The molecule has 8 heteroatoms. The first kappa shape index (κ1) is 18.4. The molecule has 2 aromatic carbocycles. The summed E-state index contributed by atoms with van der Waals surface area (Å²) >= 11 is 5.74. The fourth-order valence-electron chi connectivity index (χ4n) is 2.04. The van der Waals surface area contributed by atoms with Gasteiger partial charge in [0.05, 0.1) is 4.92 Å². The number of anilines is 1. The molecule has 2 aromatic rings. The molecular formula is C17H15ClN2O5. The summed E-state index contributed by atoms with van der Waals surface area (Å²) in [4.78, 5) is 34.0. The molecule has 0 aliphatic heterocycles. The normalized spacial score (nSPS) is 11.5. The summed E-state index contributed by atoms with van der Waals surface area (Å²) in [7, 11) is 0. The van der Waals surface area contributed by atoms with Gasteiger partial charge >= 0.3 is 5.69 Å². The highest BCUT2D eigenvalue weighted by molar-refractivity contribution is 6.30. The summed E-state index contributed by atoms with van der Waals surface area (Å²) < 4.78 is 5.39. The lowest BCUT2D eigenvalue weighted by Gasteiger charge is -2.15. The Morgan fingerprint density at radius 2 is 1.96 bits per heavy atom. The Bertz CT molecular complexity index is 838. The number of hydrogen-bond donors (Lipinski definition) is 1. The molecule has 2 rings (SSSR count). The van der Waals surface area contributed by atoms with Crippen molar-refractivity contribution in [2.75, 3.05) is 5.32 Å². The maximum atomic E-state index is 12.2. The molecule has 0 aliphatic rings. The van der Waals surface area contributed by atoms with Crippen LogP contribution in [0.2, 0.25) is 5.02 Å². The molecule has 1 amide bonds. The van der Waals surface area contributed by atoms with Gasteiger partial charge in [0.15, 0.2) is 17.6 Å². The highest BCUT2D eigenvalue weighted by atomic mass is 35.5. The lowest BCUT2D eigenvalue weighted by molar-refractivity contribution is -0.386. The number of nitrogens with one attached hydrogen (secondary N) is 1. The van der Waals surface area contributed by atoms with Crippen molar-refractivity contribution in [2.24, 2.45) is 0 Å². The van der Waals surface area contributed by atoms with Crippen molar-refractivity contribution >= 4 is 34.7 Å². The second-order valence-electron chi connectivity index (χ2n) is 5.26. The molecule has 0 bridgehead atoms. The Morgan fingerprint density at radius 3 is 2.60 bits per heavy atom. The minimum atomic E-state index is -0.999. The highest BCUT2D eigenvalue weighted by Crippen LogP contribution is 2.30. The number of carbonyl (C=O) groups excluding carboxylic acids is 2. The van der Waals surface area contributed by atoms with Gasteiger partial charge < -0.3 is 10.1 Å². The first-order valence-corrected chi connectivity index (χ1v) is 7.68. The maximum Gasteiger partial charge on any atom is 0.312 e. The van der Waals surface area contributed by atoms with Gasteiger partial charge in [-0.05, 0) is 38.1 Å². The van der Waals surface area contributed by atoms with E-state index in [9.17, 15) is 19.7 Å². The molecule has 0 aliphatic carbocycles. The zero-order chi connectivity index (χ0) is 18.6. The summed E-state index contributed by atoms with van der Waals surface area (Å²) in [5.74, 6) is -0.698. The molecule has 0 saturated heterocycles. The van der Waals surface area contributed by atoms with Crippen LogP contribution >= 0.6 is 11.6 Å². The van der Waals surface area contributed by atoms with Gasteiger partial charge in [-0.25, -0.2) is 0 Å². The summed E-state index contributed by atoms with van der Waals surface area (Å²) in [6, 6.07) is 10.4. The zero-order valence-electron chi connectivity index (χ0n) is 13.5. The van der Waals surface area contributed by atoms with Crippen molar-refractivity contribution in [3.63, 3.8) is 0 Å². The van der Waals surface area contributed by atoms with Crippen LogP contribution in [0.15, 0.2) is 42.5 Å². The first-order valence-electron chi connectivity index (χ1n) is 7.30. The predicted molar refractivity (Wildman–Crippen MR) is 93.3 cm³/mol. The van der Waals surface area contributed by atoms with E-state index < -0.39 is 16.9 Å². The minimum absolute atomic E-state index is 0.0606. The number of nitrogens with zero attached hydrogens (tertiary/aromatic N) is 1. The number of rotatable bonds is 6. The van der Waals surface area contributed by atoms with E-state index >= 15 is 0 Å². The van der Waals surface area contributed by atoms with E-state index in [-0.39, 0.29) is 22.2 Å². The molecule has 0 radical (unpaired) electrons. The standard InChI is InChI=1S/C17H15ClN2O5/c1-10(21)12-4-3-5-14(8-12)19-17(22)11(2)25-16-7-6-13(18)9-15(16)20(23)24/h3-9,11H,1-2H3,(H,19,22)/t11-/m1/s1. The van der Waals surface area contributed by atoms with Gasteiger partial charge in [-0.2, -0.15) is 0 Å². The van der Waals surface area contributed by atoms with E-state index in [1.807, 2.05) is 0 Å². The van der Waals surface area contributed by atoms with Crippen LogP contribution in [0.1, 0.15) is 24.2 Å². The second kappa shape index (κ2) is 7.76. The van der Waals surface area contributed by atoms with Gasteiger partial charge in [0.25, 0.3) is 5.91 Å². The third-order valence-corrected chi connectivity index (χ3v) is 3.56. The Labute approximate surface area is 148 Å². The number of amides is 1. The van der Waals surface area contributed by atoms with E-state index in [0.29, 0.717) is 11.3 Å². The number of nitro groups is 1. The van der Waals surface area contributed by atoms with Crippen molar-refractivity contribution in [1.82, 2.24) is 0 Å². The van der Waals surface area contributed by atoms with Gasteiger partial charge in [0.1, 0.15) is 0 Å². The van der Waals surface area contributed by atoms with Crippen LogP contribution in [0.25, 0.3) is 0 Å². The lowest BCUT2D eigenvalue weighted by Crippen LogP contribution is -2.30. The summed E-state index contributed by atoms with van der Waals surface area (Å²) in [6.45, 7) is 2.88. The van der Waals surface area contributed by atoms with Gasteiger partial charge in [0.2, 0.25) is 0 Å². The fourth-order valence-corrected chi connectivity index (χ4v) is 2.20. The van der Waals surface area contributed by atoms with Crippen molar-refractivity contribution in [1.29, 1.82) is 0 Å². The zero-order valence-corrected chi connectivity index (χ0v) is 14.2. The Balaban J connectivity index is 2.12. The minimum Gasteiger partial charge on any atom is -0.474 e. The molecule has 130 valence electrons. The van der Waals surface area contributed by atoms with E-state index in [1.54, 1.807) is 18.2 Å². The largest absolute Gasteiger partial charge is 0.474 e. The molecule has 0 spiro atoms. The number of ketones is 1. The number of ether oxygens (including phenoxy) is 1. The van der Waals surface area contributed by atoms with Crippen LogP contribution in [0.3, 0.4) is 0 Å². The summed E-state index contributed by atoms with van der Waals surface area (Å²) in [5.41, 5.74) is 0.559. The molecule has 1 atom stereocenters. The first-order chi connectivity index (χ1) is 11.8. The Morgan fingerprint density at radius 1 is 1.24 bits per heavy atom. The highest BCUT2D eigenvalue weighted by Gasteiger charge is 2.21. The van der Waals surface area contributed by atoms with Crippen LogP contribution in [-0.4, -0.2) is 22.7 Å². The molecule has 0 aromatic heterocycles. The van der Waals surface area contributed by atoms with Gasteiger partial charge in [0, 0.05) is 22.3 Å². The monoisotopic (exact) mass is 362 g/mol. The van der Waals surface area contributed by atoms with Crippen molar-refractivity contribution in [3.8, 4) is 5.75 Å². The second-order valence-corrected chi connectivity index (χ2v) is 5.69. The van der Waals surface area contributed by atoms with Crippen LogP contribution in [0.4, 0.5) is 11.4 Å². The van der Waals surface area contributed by atoms with Gasteiger partial charge in [-0.3, -0.25) is 19.7 Å². The van der Waals surface area contributed by atoms with Gasteiger partial charge in [-0.15, -0.1) is 0 Å². The molecule has 0 heterocycles. The summed E-state index contributed by atoms with van der Waals surface area (Å²) in [5, 5.41) is 13.8. The maximum absolute atomic E-state index is 12.2. The topological polar surface area (TPSA) is 98.5 Å². The van der Waals surface area contributed by atoms with Crippen molar-refractivity contribution in [3.05, 3.63) is 63.2 Å². The smallest absolute Gasteiger partial charge is 0.312 e. The van der Waals surface area contributed by atoms with Crippen LogP contribution in [0.5, 0.6) is 5.75 Å². The number of nitro benzene ring substituents is 1. The van der Waals surface area contributed by atoms with Crippen molar-refractivity contribution < 1.29 is 19.2 Å². The molecule has 0 unspecified atom stereocenters. The number of halogens is 1. The summed E-state index contributed by atoms with van der Waals surface area (Å²) in [6.07, 6.45) is -0.999. The fraction of sp³-hybridized carbons (Fsp3) is 0.176. The lowest BCUT2D eigenvalue weighted by atomic mass is 10.1. The molecule has 25 heavy (non-hydrogen) atoms. The number of carbonyl (C=O) groups is 2. The predicted octanol–water partition coefficient (Wildman–Crippen LogP) is 3.86. The van der Waals surface area contributed by atoms with E-state index in [4.69, 9.17) is 16.3 Å². The molecule has 7 nitrogen and oxygen atoms in total. The average Bonchev–Trinajstić information content (AvgIpc) is 2.56. The molecule has 0 fully saturated rings. The van der Waals surface area contributed by atoms with Crippen LogP contribution in [-0.2, 0) is 4.79 Å². The van der Waals surface area contributed by atoms with E-state index in [1.165, 1.54) is 32.0 Å². The molecule has 0 saturated carbocycles. The molecular weight excluding hydrogens is 348 g/mol. The number of Topliss-reactive ketones (excluding diaryl/α,β-unsaturated/α-hetero) is 1. The molecule has 1 N–H and O–H groups in total. The third kappa shape index (κ3) is 4.77. The van der Waals surface area contributed by atoms with E-state index in [0.717, 1.165) is 6.07 Å². The quantitative estimate of drug-likeness (QED) is 0.478. The Hall–Kier alpha value is -2.93. The average molecular weight is 363 g/mol. The van der Waals surface area contributed by atoms with E-state index in [2.05, 4.69) is 5.32 Å². The van der Waals surface area contributed by atoms with Gasteiger partial charge in [-0.1, -0.05) is 23.7 Å². The Kier molecular flexibility index (Phi) is 5.71. The van der Waals surface area contributed by atoms with Crippen LogP contribution in [0, 0.1) is 10.1 Å². The third-order valence-electron chi connectivity index (χ3n) is 3.33. The number of benzene rings is 2. The van der Waals surface area contributed by atoms with Crippen molar-refractivity contribution in [2.45, 2.75) is 20.0 Å².